The number of hydrogen-bond acceptors (Lipinski definition) is 0. The van der Waals surface area contributed by atoms with Gasteiger partial charge in [0.1, 0.15) is 0 Å². The van der Waals surface area contributed by atoms with Crippen molar-refractivity contribution in [3.63, 3.8) is 0 Å². The zero-order valence-corrected chi connectivity index (χ0v) is 27.0. The predicted molar refractivity (Wildman–Crippen MR) is 196 cm³/mol. The van der Waals surface area contributed by atoms with Crippen LogP contribution in [0.3, 0.4) is 0 Å². The van der Waals surface area contributed by atoms with Gasteiger partial charge in [-0.25, -0.2) is 0 Å². The van der Waals surface area contributed by atoms with Gasteiger partial charge in [0.2, 0.25) is 0 Å². The first-order valence-corrected chi connectivity index (χ1v) is 16.6. The Hall–Kier alpha value is -5.18. The second-order valence-electron chi connectivity index (χ2n) is 12.3. The van der Waals surface area contributed by atoms with Crippen LogP contribution in [0, 0.1) is 6.92 Å². The van der Waals surface area contributed by atoms with E-state index >= 15 is 0 Å². The van der Waals surface area contributed by atoms with Gasteiger partial charge in [-0.05, 0) is 93.4 Å². The van der Waals surface area contributed by atoms with Crippen molar-refractivity contribution in [2.45, 2.75) is 12.3 Å². The van der Waals surface area contributed by atoms with Crippen molar-refractivity contribution in [3.05, 3.63) is 196 Å². The monoisotopic (exact) mass is 651 g/mol. The molecule has 0 saturated carbocycles. The largest absolute Gasteiger partial charge is 0.309 e. The highest BCUT2D eigenvalue weighted by Gasteiger charge is 2.46. The number of benzene rings is 7. The normalized spacial score (nSPS) is 13.2. The molecule has 9 rings (SSSR count). The first kappa shape index (κ1) is 27.2. The van der Waals surface area contributed by atoms with Gasteiger partial charge in [0.05, 0.1) is 16.4 Å². The predicted octanol–water partition coefficient (Wildman–Crippen LogP) is 11.9. The summed E-state index contributed by atoms with van der Waals surface area (Å²) in [4.78, 5) is 0. The van der Waals surface area contributed by atoms with E-state index in [1.165, 1.54) is 77.6 Å². The standard InChI is InChI=1S/C44H30BrN/c1-29-20-21-31(27-41(29)45)30-22-25-43-38(26-30)36-17-9-11-19-42(36)46(43)34-23-24-40-37(28-34)35-16-8-10-18-39(35)44(40,32-12-4-2-5-13-32)33-14-6-3-7-15-33/h2-28H,1H3. The third-order valence-electron chi connectivity index (χ3n) is 9.88. The van der Waals surface area contributed by atoms with Gasteiger partial charge in [-0.3, -0.25) is 0 Å². The average molecular weight is 653 g/mol. The maximum atomic E-state index is 3.74. The van der Waals surface area contributed by atoms with E-state index in [-0.39, 0.29) is 0 Å². The van der Waals surface area contributed by atoms with Gasteiger partial charge in [0, 0.05) is 20.9 Å². The number of aryl methyl sites for hydroxylation is 1. The topological polar surface area (TPSA) is 4.93 Å². The van der Waals surface area contributed by atoms with Gasteiger partial charge in [0.25, 0.3) is 0 Å². The summed E-state index contributed by atoms with van der Waals surface area (Å²) in [6.45, 7) is 2.13. The Labute approximate surface area is 277 Å². The number of para-hydroxylation sites is 1. The summed E-state index contributed by atoms with van der Waals surface area (Å²) in [5.74, 6) is 0. The maximum absolute atomic E-state index is 3.74. The molecule has 0 amide bonds. The Balaban J connectivity index is 1.30. The molecular weight excluding hydrogens is 622 g/mol. The van der Waals surface area contributed by atoms with Crippen LogP contribution in [-0.2, 0) is 5.41 Å². The number of fused-ring (bicyclic) bond motifs is 6. The van der Waals surface area contributed by atoms with E-state index in [0.717, 1.165) is 4.47 Å². The van der Waals surface area contributed by atoms with Crippen LogP contribution in [0.15, 0.2) is 168 Å². The van der Waals surface area contributed by atoms with Gasteiger partial charge in [-0.15, -0.1) is 0 Å². The fourth-order valence-corrected chi connectivity index (χ4v) is 8.16. The van der Waals surface area contributed by atoms with E-state index in [4.69, 9.17) is 0 Å². The van der Waals surface area contributed by atoms with Crippen LogP contribution in [0.4, 0.5) is 0 Å². The molecule has 218 valence electrons. The molecule has 1 nitrogen and oxygen atoms in total. The number of aromatic nitrogens is 1. The van der Waals surface area contributed by atoms with E-state index < -0.39 is 5.41 Å². The lowest BCUT2D eigenvalue weighted by Crippen LogP contribution is -2.28. The Kier molecular flexibility index (Phi) is 6.16. The Morgan fingerprint density at radius 1 is 0.478 bits per heavy atom. The molecule has 46 heavy (non-hydrogen) atoms. The van der Waals surface area contributed by atoms with E-state index in [0.29, 0.717) is 0 Å². The van der Waals surface area contributed by atoms with Crippen molar-refractivity contribution in [1.82, 2.24) is 4.57 Å². The highest BCUT2D eigenvalue weighted by molar-refractivity contribution is 9.10. The molecule has 7 aromatic carbocycles. The number of halogens is 1. The van der Waals surface area contributed by atoms with Crippen LogP contribution in [-0.4, -0.2) is 4.57 Å². The second kappa shape index (κ2) is 10.4. The Morgan fingerprint density at radius 3 is 1.85 bits per heavy atom. The minimum Gasteiger partial charge on any atom is -0.309 e. The first-order chi connectivity index (χ1) is 22.6. The summed E-state index contributed by atoms with van der Waals surface area (Å²) in [7, 11) is 0. The molecule has 0 unspecified atom stereocenters. The quantitative estimate of drug-likeness (QED) is 0.178. The van der Waals surface area contributed by atoms with Gasteiger partial charge in [0.15, 0.2) is 0 Å². The van der Waals surface area contributed by atoms with Crippen LogP contribution in [0.5, 0.6) is 0 Å². The fraction of sp³-hybridized carbons (Fsp3) is 0.0455. The molecule has 0 spiro atoms. The first-order valence-electron chi connectivity index (χ1n) is 15.8. The smallest absolute Gasteiger partial charge is 0.0713 e. The summed E-state index contributed by atoms with van der Waals surface area (Å²) in [5, 5.41) is 2.52. The van der Waals surface area contributed by atoms with Crippen LogP contribution >= 0.6 is 15.9 Å². The zero-order chi connectivity index (χ0) is 30.8. The molecule has 1 heterocycles. The summed E-state index contributed by atoms with van der Waals surface area (Å²) in [6.07, 6.45) is 0. The molecule has 0 radical (unpaired) electrons. The lowest BCUT2D eigenvalue weighted by atomic mass is 9.68. The highest BCUT2D eigenvalue weighted by Crippen LogP contribution is 2.56. The maximum Gasteiger partial charge on any atom is 0.0713 e. The minimum atomic E-state index is -0.398. The van der Waals surface area contributed by atoms with E-state index in [9.17, 15) is 0 Å². The highest BCUT2D eigenvalue weighted by atomic mass is 79.9. The molecule has 1 aliphatic carbocycles. The third kappa shape index (κ3) is 3.87. The van der Waals surface area contributed by atoms with Crippen molar-refractivity contribution in [1.29, 1.82) is 0 Å². The van der Waals surface area contributed by atoms with Crippen molar-refractivity contribution < 1.29 is 0 Å². The summed E-state index contributed by atoms with van der Waals surface area (Å²) in [6, 6.07) is 60.4. The molecule has 0 bridgehead atoms. The minimum absolute atomic E-state index is 0.398. The fourth-order valence-electron chi connectivity index (χ4n) is 7.78. The van der Waals surface area contributed by atoms with Gasteiger partial charge in [-0.2, -0.15) is 0 Å². The average Bonchev–Trinajstić information content (AvgIpc) is 3.60. The van der Waals surface area contributed by atoms with Gasteiger partial charge < -0.3 is 4.57 Å². The lowest BCUT2D eigenvalue weighted by molar-refractivity contribution is 0.768. The van der Waals surface area contributed by atoms with Gasteiger partial charge in [-0.1, -0.05) is 143 Å². The van der Waals surface area contributed by atoms with Crippen molar-refractivity contribution in [3.8, 4) is 27.9 Å². The molecule has 0 saturated heterocycles. The van der Waals surface area contributed by atoms with Crippen LogP contribution in [0.1, 0.15) is 27.8 Å². The third-order valence-corrected chi connectivity index (χ3v) is 10.7. The Morgan fingerprint density at radius 2 is 1.09 bits per heavy atom. The molecular formula is C44H30BrN. The second-order valence-corrected chi connectivity index (χ2v) is 13.2. The van der Waals surface area contributed by atoms with E-state index in [2.05, 4.69) is 191 Å². The molecule has 2 heteroatoms. The molecule has 0 atom stereocenters. The van der Waals surface area contributed by atoms with E-state index in [1.807, 2.05) is 0 Å². The van der Waals surface area contributed by atoms with Crippen LogP contribution in [0.2, 0.25) is 0 Å². The van der Waals surface area contributed by atoms with Gasteiger partial charge >= 0.3 is 0 Å². The summed E-state index contributed by atoms with van der Waals surface area (Å²) < 4.78 is 3.57. The van der Waals surface area contributed by atoms with Crippen molar-refractivity contribution in [2.24, 2.45) is 0 Å². The zero-order valence-electron chi connectivity index (χ0n) is 25.4. The summed E-state index contributed by atoms with van der Waals surface area (Å²) >= 11 is 3.74. The molecule has 8 aromatic rings. The van der Waals surface area contributed by atoms with Crippen LogP contribution in [0.25, 0.3) is 49.7 Å². The number of nitrogens with zero attached hydrogens (tertiary/aromatic N) is 1. The van der Waals surface area contributed by atoms with E-state index in [1.54, 1.807) is 0 Å². The SMILES string of the molecule is Cc1ccc(-c2ccc3c(c2)c2ccccc2n3-c2ccc3c(c2)-c2ccccc2C3(c2ccccc2)c2ccccc2)cc1Br. The molecule has 1 aromatic heterocycles. The molecule has 0 aliphatic heterocycles. The number of rotatable bonds is 4. The van der Waals surface area contributed by atoms with Crippen LogP contribution < -0.4 is 0 Å². The Bertz CT molecular complexity index is 2400. The summed E-state index contributed by atoms with van der Waals surface area (Å²) in [5.41, 5.74) is 14.7. The molecule has 0 fully saturated rings. The molecule has 1 aliphatic rings. The van der Waals surface area contributed by atoms with Crippen molar-refractivity contribution in [2.75, 3.05) is 0 Å². The molecule has 0 N–H and O–H groups in total. The van der Waals surface area contributed by atoms with Crippen molar-refractivity contribution >= 4 is 37.7 Å². The lowest BCUT2D eigenvalue weighted by Gasteiger charge is -2.33. The number of hydrogen-bond donors (Lipinski definition) is 0.